The lowest BCUT2D eigenvalue weighted by Gasteiger charge is -2.07. The average molecular weight is 266 g/mol. The summed E-state index contributed by atoms with van der Waals surface area (Å²) in [6.45, 7) is 2.04. The highest BCUT2D eigenvalue weighted by Crippen LogP contribution is 2.23. The molecule has 96 valence electrons. The molecule has 0 aliphatic carbocycles. The van der Waals surface area contributed by atoms with Crippen molar-refractivity contribution in [1.82, 2.24) is 19.3 Å². The summed E-state index contributed by atoms with van der Waals surface area (Å²) in [5, 5.41) is 13.5. The van der Waals surface area contributed by atoms with Gasteiger partial charge in [0.05, 0.1) is 17.6 Å². The van der Waals surface area contributed by atoms with Gasteiger partial charge in [-0.25, -0.2) is 4.98 Å². The second kappa shape index (κ2) is 5.26. The van der Waals surface area contributed by atoms with Gasteiger partial charge < -0.3 is 5.11 Å². The van der Waals surface area contributed by atoms with E-state index in [4.69, 9.17) is 5.11 Å². The summed E-state index contributed by atoms with van der Waals surface area (Å²) < 4.78 is 3.65. The van der Waals surface area contributed by atoms with Gasteiger partial charge in [-0.1, -0.05) is 18.7 Å². The number of aliphatic carboxylic acids is 1. The van der Waals surface area contributed by atoms with Gasteiger partial charge in [0.25, 0.3) is 0 Å². The van der Waals surface area contributed by atoms with Gasteiger partial charge in [0.15, 0.2) is 5.16 Å². The van der Waals surface area contributed by atoms with Crippen LogP contribution in [0.3, 0.4) is 0 Å². The Hall–Kier alpha value is -1.76. The first-order valence-electron chi connectivity index (χ1n) is 5.52. The first-order valence-corrected chi connectivity index (χ1v) is 6.50. The molecule has 0 bridgehead atoms. The summed E-state index contributed by atoms with van der Waals surface area (Å²) in [6, 6.07) is 0. The summed E-state index contributed by atoms with van der Waals surface area (Å²) in [5.74, 6) is -0.848. The number of carbonyl (C=O) groups is 1. The summed E-state index contributed by atoms with van der Waals surface area (Å²) in [4.78, 5) is 14.9. The van der Waals surface area contributed by atoms with Crippen LogP contribution in [0, 0.1) is 0 Å². The van der Waals surface area contributed by atoms with E-state index in [0.717, 1.165) is 17.8 Å². The summed E-state index contributed by atoms with van der Waals surface area (Å²) in [6.07, 6.45) is 6.23. The van der Waals surface area contributed by atoms with Crippen LogP contribution >= 0.6 is 11.8 Å². The Morgan fingerprint density at radius 3 is 2.83 bits per heavy atom. The Morgan fingerprint density at radius 1 is 1.50 bits per heavy atom. The molecule has 0 saturated heterocycles. The molecule has 2 aromatic rings. The fraction of sp³-hybridized carbons (Fsp3) is 0.364. The van der Waals surface area contributed by atoms with E-state index in [1.165, 1.54) is 11.8 Å². The van der Waals surface area contributed by atoms with Crippen molar-refractivity contribution < 1.29 is 9.90 Å². The van der Waals surface area contributed by atoms with Crippen LogP contribution in [0.25, 0.3) is 5.69 Å². The molecule has 7 heteroatoms. The molecular formula is C11H14N4O2S. The van der Waals surface area contributed by atoms with Crippen LogP contribution in [0.15, 0.2) is 23.7 Å². The maximum absolute atomic E-state index is 10.6. The molecule has 2 rings (SSSR count). The first-order chi connectivity index (χ1) is 8.61. The highest BCUT2D eigenvalue weighted by molar-refractivity contribution is 7.99. The molecule has 2 heterocycles. The normalized spacial score (nSPS) is 10.8. The van der Waals surface area contributed by atoms with E-state index in [-0.39, 0.29) is 5.75 Å². The number of hydrogen-bond acceptors (Lipinski definition) is 4. The molecule has 0 radical (unpaired) electrons. The number of imidazole rings is 1. The quantitative estimate of drug-likeness (QED) is 0.827. The molecule has 18 heavy (non-hydrogen) atoms. The van der Waals surface area contributed by atoms with E-state index in [2.05, 4.69) is 10.1 Å². The van der Waals surface area contributed by atoms with E-state index in [1.54, 1.807) is 17.1 Å². The Morgan fingerprint density at radius 2 is 2.28 bits per heavy atom. The van der Waals surface area contributed by atoms with Gasteiger partial charge >= 0.3 is 5.97 Å². The molecular weight excluding hydrogens is 252 g/mol. The van der Waals surface area contributed by atoms with Crippen LogP contribution in [-0.2, 0) is 18.3 Å². The van der Waals surface area contributed by atoms with E-state index in [9.17, 15) is 4.79 Å². The molecule has 2 aromatic heterocycles. The lowest BCUT2D eigenvalue weighted by atomic mass is 10.3. The van der Waals surface area contributed by atoms with Crippen molar-refractivity contribution in [1.29, 1.82) is 0 Å². The smallest absolute Gasteiger partial charge is 0.313 e. The molecule has 0 saturated carbocycles. The summed E-state index contributed by atoms with van der Waals surface area (Å²) in [7, 11) is 1.84. The van der Waals surface area contributed by atoms with Crippen LogP contribution in [0.5, 0.6) is 0 Å². The molecule has 0 aliphatic heterocycles. The predicted molar refractivity (Wildman–Crippen MR) is 68.1 cm³/mol. The highest BCUT2D eigenvalue weighted by atomic mass is 32.2. The Labute approximate surface area is 109 Å². The van der Waals surface area contributed by atoms with E-state index in [0.29, 0.717) is 5.16 Å². The average Bonchev–Trinajstić information content (AvgIpc) is 2.91. The predicted octanol–water partition coefficient (Wildman–Crippen LogP) is 1.34. The van der Waals surface area contributed by atoms with Crippen LogP contribution in [0.2, 0.25) is 0 Å². The van der Waals surface area contributed by atoms with E-state index < -0.39 is 5.97 Å². The summed E-state index contributed by atoms with van der Waals surface area (Å²) >= 11 is 1.21. The number of aromatic nitrogens is 4. The van der Waals surface area contributed by atoms with Gasteiger partial charge in [-0.05, 0) is 6.42 Å². The van der Waals surface area contributed by atoms with Crippen molar-refractivity contribution in [2.24, 2.45) is 7.05 Å². The fourth-order valence-electron chi connectivity index (χ4n) is 1.65. The first kappa shape index (κ1) is 12.7. The molecule has 0 aromatic carbocycles. The van der Waals surface area contributed by atoms with Gasteiger partial charge in [-0.2, -0.15) is 5.10 Å². The molecule has 0 fully saturated rings. The van der Waals surface area contributed by atoms with Crippen LogP contribution in [0.4, 0.5) is 0 Å². The lowest BCUT2D eigenvalue weighted by Crippen LogP contribution is -2.03. The number of carboxylic acid groups (broad SMARTS) is 1. The molecule has 0 unspecified atom stereocenters. The summed E-state index contributed by atoms with van der Waals surface area (Å²) in [5.41, 5.74) is 1.94. The number of thioether (sulfide) groups is 1. The monoisotopic (exact) mass is 266 g/mol. The number of rotatable bonds is 5. The minimum absolute atomic E-state index is 0.000426. The molecule has 0 amide bonds. The van der Waals surface area contributed by atoms with Crippen molar-refractivity contribution in [2.75, 3.05) is 5.75 Å². The van der Waals surface area contributed by atoms with E-state index >= 15 is 0 Å². The number of aryl methyl sites for hydroxylation is 2. The minimum atomic E-state index is -0.848. The molecule has 1 N–H and O–H groups in total. The number of carboxylic acids is 1. The standard InChI is InChI=1S/C11H14N4O2S/c1-3-8-4-12-11(18-7-10(16)17)15(8)9-5-13-14(2)6-9/h4-6H,3,7H2,1-2H3,(H,16,17). The lowest BCUT2D eigenvalue weighted by molar-refractivity contribution is -0.133. The third-order valence-electron chi connectivity index (χ3n) is 2.44. The molecule has 0 aliphatic rings. The Bertz CT molecular complexity index is 561. The molecule has 6 nitrogen and oxygen atoms in total. The highest BCUT2D eigenvalue weighted by Gasteiger charge is 2.13. The van der Waals surface area contributed by atoms with Crippen LogP contribution < -0.4 is 0 Å². The molecule has 0 atom stereocenters. The zero-order valence-corrected chi connectivity index (χ0v) is 11.0. The molecule has 0 spiro atoms. The van der Waals surface area contributed by atoms with Crippen molar-refractivity contribution in [3.63, 3.8) is 0 Å². The number of nitrogens with zero attached hydrogens (tertiary/aromatic N) is 4. The van der Waals surface area contributed by atoms with Gasteiger partial charge in [0.1, 0.15) is 0 Å². The van der Waals surface area contributed by atoms with Crippen LogP contribution in [-0.4, -0.2) is 36.2 Å². The van der Waals surface area contributed by atoms with Crippen molar-refractivity contribution in [3.8, 4) is 5.69 Å². The SMILES string of the molecule is CCc1cnc(SCC(=O)O)n1-c1cnn(C)c1. The van der Waals surface area contributed by atoms with Gasteiger partial charge in [-0.15, -0.1) is 0 Å². The van der Waals surface area contributed by atoms with Crippen molar-refractivity contribution in [3.05, 3.63) is 24.3 Å². The topological polar surface area (TPSA) is 72.9 Å². The second-order valence-corrected chi connectivity index (χ2v) is 4.72. The van der Waals surface area contributed by atoms with Gasteiger partial charge in [-0.3, -0.25) is 14.0 Å². The number of hydrogen-bond donors (Lipinski definition) is 1. The van der Waals surface area contributed by atoms with Crippen LogP contribution in [0.1, 0.15) is 12.6 Å². The largest absolute Gasteiger partial charge is 0.481 e. The fourth-order valence-corrected chi connectivity index (χ4v) is 2.38. The second-order valence-electron chi connectivity index (χ2n) is 3.78. The zero-order valence-electron chi connectivity index (χ0n) is 10.2. The van der Waals surface area contributed by atoms with Crippen molar-refractivity contribution >= 4 is 17.7 Å². The van der Waals surface area contributed by atoms with E-state index in [1.807, 2.05) is 24.7 Å². The third kappa shape index (κ3) is 2.56. The Kier molecular flexibility index (Phi) is 3.71. The maximum atomic E-state index is 10.6. The zero-order chi connectivity index (χ0) is 13.1. The minimum Gasteiger partial charge on any atom is -0.481 e. The van der Waals surface area contributed by atoms with Crippen molar-refractivity contribution in [2.45, 2.75) is 18.5 Å². The Balaban J connectivity index is 2.36. The van der Waals surface area contributed by atoms with Gasteiger partial charge in [0, 0.05) is 25.1 Å². The third-order valence-corrected chi connectivity index (χ3v) is 3.38. The van der Waals surface area contributed by atoms with Gasteiger partial charge in [0.2, 0.25) is 0 Å². The maximum Gasteiger partial charge on any atom is 0.313 e.